The zero-order valence-corrected chi connectivity index (χ0v) is 22.7. The van der Waals surface area contributed by atoms with E-state index in [1.165, 1.54) is 12.5 Å². The van der Waals surface area contributed by atoms with Crippen LogP contribution in [0.15, 0.2) is 42.5 Å². The number of piperidine rings is 2. The zero-order chi connectivity index (χ0) is 26.9. The van der Waals surface area contributed by atoms with Crippen molar-refractivity contribution in [1.82, 2.24) is 9.80 Å². The van der Waals surface area contributed by atoms with Crippen molar-refractivity contribution in [3.8, 4) is 11.1 Å². The van der Waals surface area contributed by atoms with Crippen LogP contribution in [0.1, 0.15) is 52.0 Å². The van der Waals surface area contributed by atoms with Crippen LogP contribution in [-0.2, 0) is 19.7 Å². The zero-order valence-electron chi connectivity index (χ0n) is 22.7. The molecule has 1 spiro atoms. The van der Waals surface area contributed by atoms with E-state index in [2.05, 4.69) is 28.4 Å². The van der Waals surface area contributed by atoms with Gasteiger partial charge in [-0.3, -0.25) is 9.59 Å². The van der Waals surface area contributed by atoms with Crippen LogP contribution in [0.5, 0.6) is 0 Å². The fraction of sp³-hybridized carbons (Fsp3) is 0.500. The minimum atomic E-state index is -0.198. The Labute approximate surface area is 224 Å². The number of benzene rings is 2. The third kappa shape index (κ3) is 5.01. The standard InChI is InChI=1S/C30H38N4O4/c1-4-38-29(37)33-16-12-25(13-17-33)32-18-14-30(15-19-32)20-34(22(3)36)28-26(6-5-7-27(28)30)23-8-10-24(11-9-23)31-21(2)35/h5-11,25H,4,12-20H2,1-3H3,(H,31,35). The smallest absolute Gasteiger partial charge is 0.409 e. The quantitative estimate of drug-likeness (QED) is 0.638. The van der Waals surface area contributed by atoms with E-state index in [0.29, 0.717) is 19.2 Å². The molecule has 2 saturated heterocycles. The highest BCUT2D eigenvalue weighted by Crippen LogP contribution is 2.51. The van der Waals surface area contributed by atoms with Gasteiger partial charge in [0.15, 0.2) is 0 Å². The lowest BCUT2D eigenvalue weighted by Gasteiger charge is -2.45. The maximum atomic E-state index is 12.9. The molecule has 0 atom stereocenters. The van der Waals surface area contributed by atoms with Crippen LogP contribution >= 0.6 is 0 Å². The molecule has 2 aromatic rings. The molecular formula is C30H38N4O4. The summed E-state index contributed by atoms with van der Waals surface area (Å²) in [5.41, 5.74) is 5.10. The molecule has 3 aliphatic rings. The van der Waals surface area contributed by atoms with Gasteiger partial charge >= 0.3 is 6.09 Å². The Kier molecular flexibility index (Phi) is 7.43. The number of carbonyl (C=O) groups is 3. The third-order valence-corrected chi connectivity index (χ3v) is 8.50. The van der Waals surface area contributed by atoms with Crippen LogP contribution in [0.25, 0.3) is 11.1 Å². The molecule has 8 nitrogen and oxygen atoms in total. The number of para-hydroxylation sites is 1. The molecule has 0 aromatic heterocycles. The van der Waals surface area contributed by atoms with Crippen LogP contribution in [0, 0.1) is 0 Å². The van der Waals surface area contributed by atoms with Gasteiger partial charge in [-0.1, -0.05) is 30.3 Å². The minimum Gasteiger partial charge on any atom is -0.450 e. The molecule has 0 radical (unpaired) electrons. The topological polar surface area (TPSA) is 82.2 Å². The van der Waals surface area contributed by atoms with Crippen molar-refractivity contribution < 1.29 is 19.1 Å². The van der Waals surface area contributed by atoms with Crippen molar-refractivity contribution in [2.45, 2.75) is 57.9 Å². The summed E-state index contributed by atoms with van der Waals surface area (Å²) in [5.74, 6) is -0.0295. The minimum absolute atomic E-state index is 0.0464. The largest absolute Gasteiger partial charge is 0.450 e. The Hall–Kier alpha value is -3.39. The van der Waals surface area contributed by atoms with E-state index >= 15 is 0 Å². The SMILES string of the molecule is CCOC(=O)N1CCC(N2CCC3(CC2)CN(C(C)=O)c2c(-c4ccc(NC(C)=O)cc4)cccc23)CC1. The number of likely N-dealkylation sites (tertiary alicyclic amines) is 2. The van der Waals surface area contributed by atoms with Gasteiger partial charge in [-0.05, 0) is 69.0 Å². The van der Waals surface area contributed by atoms with Gasteiger partial charge in [0.05, 0.1) is 12.3 Å². The van der Waals surface area contributed by atoms with Crippen LogP contribution < -0.4 is 10.2 Å². The molecule has 3 heterocycles. The Morgan fingerprint density at radius 1 is 0.974 bits per heavy atom. The molecule has 2 fully saturated rings. The molecular weight excluding hydrogens is 480 g/mol. The van der Waals surface area contributed by atoms with Gasteiger partial charge in [0.25, 0.3) is 0 Å². The first kappa shape index (κ1) is 26.2. The van der Waals surface area contributed by atoms with Crippen molar-refractivity contribution >= 4 is 29.3 Å². The number of carbonyl (C=O) groups excluding carboxylic acids is 3. The summed E-state index contributed by atoms with van der Waals surface area (Å²) in [7, 11) is 0. The number of nitrogens with one attached hydrogen (secondary N) is 1. The number of amides is 3. The lowest BCUT2D eigenvalue weighted by molar-refractivity contribution is -0.116. The Bertz CT molecular complexity index is 1200. The second-order valence-corrected chi connectivity index (χ2v) is 10.8. The molecule has 0 bridgehead atoms. The highest BCUT2D eigenvalue weighted by atomic mass is 16.6. The number of hydrogen-bond acceptors (Lipinski definition) is 5. The summed E-state index contributed by atoms with van der Waals surface area (Å²) >= 11 is 0. The highest BCUT2D eigenvalue weighted by Gasteiger charge is 2.47. The second-order valence-electron chi connectivity index (χ2n) is 10.8. The molecule has 0 saturated carbocycles. The van der Waals surface area contributed by atoms with Crippen LogP contribution in [0.3, 0.4) is 0 Å². The molecule has 3 aliphatic heterocycles. The lowest BCUT2D eigenvalue weighted by atomic mass is 9.73. The number of fused-ring (bicyclic) bond motifs is 2. The summed E-state index contributed by atoms with van der Waals surface area (Å²) in [6.07, 6.45) is 3.76. The van der Waals surface area contributed by atoms with Gasteiger partial charge in [-0.2, -0.15) is 0 Å². The van der Waals surface area contributed by atoms with Gasteiger partial charge < -0.3 is 24.8 Å². The van der Waals surface area contributed by atoms with Crippen molar-refractivity contribution in [3.63, 3.8) is 0 Å². The molecule has 1 N–H and O–H groups in total. The van der Waals surface area contributed by atoms with Gasteiger partial charge in [0.1, 0.15) is 0 Å². The summed E-state index contributed by atoms with van der Waals surface area (Å²) in [5, 5.41) is 2.82. The van der Waals surface area contributed by atoms with Crippen molar-refractivity contribution in [2.24, 2.45) is 0 Å². The van der Waals surface area contributed by atoms with Gasteiger partial charge in [0, 0.05) is 56.2 Å². The molecule has 8 heteroatoms. The van der Waals surface area contributed by atoms with Crippen molar-refractivity contribution in [3.05, 3.63) is 48.0 Å². The number of hydrogen-bond donors (Lipinski definition) is 1. The molecule has 202 valence electrons. The van der Waals surface area contributed by atoms with Gasteiger partial charge in [0.2, 0.25) is 11.8 Å². The van der Waals surface area contributed by atoms with Crippen molar-refractivity contribution in [2.75, 3.05) is 49.5 Å². The molecule has 5 rings (SSSR count). The lowest BCUT2D eigenvalue weighted by Crippen LogP contribution is -2.52. The normalized spacial score (nSPS) is 19.3. The number of ether oxygens (including phenoxy) is 1. The van der Waals surface area contributed by atoms with Gasteiger partial charge in [-0.25, -0.2) is 4.79 Å². The van der Waals surface area contributed by atoms with Gasteiger partial charge in [-0.15, -0.1) is 0 Å². The fourth-order valence-electron chi connectivity index (χ4n) is 6.54. The summed E-state index contributed by atoms with van der Waals surface area (Å²) in [6.45, 7) is 9.60. The molecule has 0 unspecified atom stereocenters. The first-order valence-electron chi connectivity index (χ1n) is 13.8. The van der Waals surface area contributed by atoms with E-state index < -0.39 is 0 Å². The van der Waals surface area contributed by atoms with E-state index in [-0.39, 0.29) is 23.3 Å². The van der Waals surface area contributed by atoms with E-state index in [9.17, 15) is 14.4 Å². The Morgan fingerprint density at radius 3 is 2.26 bits per heavy atom. The molecule has 3 amide bonds. The van der Waals surface area contributed by atoms with E-state index in [4.69, 9.17) is 4.74 Å². The third-order valence-electron chi connectivity index (χ3n) is 8.50. The van der Waals surface area contributed by atoms with Crippen LogP contribution in [0.2, 0.25) is 0 Å². The Balaban J connectivity index is 1.33. The predicted octanol–water partition coefficient (Wildman–Crippen LogP) is 4.63. The fourth-order valence-corrected chi connectivity index (χ4v) is 6.54. The maximum absolute atomic E-state index is 12.9. The van der Waals surface area contributed by atoms with Crippen LogP contribution in [-0.4, -0.2) is 73.1 Å². The van der Waals surface area contributed by atoms with Crippen molar-refractivity contribution in [1.29, 1.82) is 0 Å². The first-order chi connectivity index (χ1) is 18.3. The number of rotatable bonds is 4. The highest BCUT2D eigenvalue weighted by molar-refractivity contribution is 6.00. The summed E-state index contributed by atoms with van der Waals surface area (Å²) < 4.78 is 5.18. The summed E-state index contributed by atoms with van der Waals surface area (Å²) in [6, 6.07) is 14.7. The molecule has 38 heavy (non-hydrogen) atoms. The van der Waals surface area contributed by atoms with E-state index in [0.717, 1.165) is 74.4 Å². The van der Waals surface area contributed by atoms with E-state index in [1.807, 2.05) is 41.0 Å². The molecule has 0 aliphatic carbocycles. The second kappa shape index (κ2) is 10.8. The predicted molar refractivity (Wildman–Crippen MR) is 148 cm³/mol. The monoisotopic (exact) mass is 518 g/mol. The van der Waals surface area contributed by atoms with E-state index in [1.54, 1.807) is 6.92 Å². The average molecular weight is 519 g/mol. The summed E-state index contributed by atoms with van der Waals surface area (Å²) in [4.78, 5) is 42.8. The Morgan fingerprint density at radius 2 is 1.66 bits per heavy atom. The molecule has 2 aromatic carbocycles. The average Bonchev–Trinajstić information content (AvgIpc) is 3.24. The van der Waals surface area contributed by atoms with Crippen LogP contribution in [0.4, 0.5) is 16.2 Å². The first-order valence-corrected chi connectivity index (χ1v) is 13.8. The number of nitrogens with zero attached hydrogens (tertiary/aromatic N) is 3. The maximum Gasteiger partial charge on any atom is 0.409 e. The number of anilines is 2.